The van der Waals surface area contributed by atoms with Crippen molar-refractivity contribution >= 4 is 37.8 Å². The van der Waals surface area contributed by atoms with Crippen molar-refractivity contribution in [3.05, 3.63) is 41.4 Å². The average Bonchev–Trinajstić information content (AvgIpc) is 2.49. The van der Waals surface area contributed by atoms with E-state index in [2.05, 4.69) is 37.3 Å². The van der Waals surface area contributed by atoms with Crippen molar-refractivity contribution in [2.75, 3.05) is 19.7 Å². The first-order valence-electron chi connectivity index (χ1n) is 6.13. The van der Waals surface area contributed by atoms with Crippen molar-refractivity contribution in [3.8, 4) is 0 Å². The normalized spacial score (nSPS) is 10.8. The van der Waals surface area contributed by atoms with Crippen molar-refractivity contribution in [1.29, 1.82) is 0 Å². The van der Waals surface area contributed by atoms with Crippen LogP contribution in [0.15, 0.2) is 46.3 Å². The second-order valence-electron chi connectivity index (χ2n) is 4.04. The number of nitrogens with one attached hydrogen (secondary N) is 2. The van der Waals surface area contributed by atoms with Crippen molar-refractivity contribution in [3.63, 3.8) is 0 Å². The van der Waals surface area contributed by atoms with Gasteiger partial charge in [0.15, 0.2) is 6.61 Å². The van der Waals surface area contributed by atoms with E-state index in [-0.39, 0.29) is 11.4 Å². The molecule has 9 heteroatoms. The molecule has 0 aliphatic carbocycles. The van der Waals surface area contributed by atoms with Crippen LogP contribution in [0.1, 0.15) is 0 Å². The Labute approximate surface area is 136 Å². The number of rotatable bonds is 8. The number of carbonyl (C=O) groups is 2. The van der Waals surface area contributed by atoms with E-state index in [1.807, 2.05) is 0 Å². The highest BCUT2D eigenvalue weighted by molar-refractivity contribution is 9.10. The van der Waals surface area contributed by atoms with E-state index >= 15 is 0 Å². The molecule has 0 atom stereocenters. The number of esters is 1. The summed E-state index contributed by atoms with van der Waals surface area (Å²) in [6.45, 7) is 2.63. The van der Waals surface area contributed by atoms with E-state index < -0.39 is 35.1 Å². The van der Waals surface area contributed by atoms with Crippen LogP contribution in [0.5, 0.6) is 0 Å². The minimum absolute atomic E-state index is 0.0124. The van der Waals surface area contributed by atoms with Gasteiger partial charge >= 0.3 is 5.97 Å². The second-order valence-corrected chi connectivity index (χ2v) is 6.72. The Hall–Kier alpha value is -1.71. The molecule has 1 aromatic rings. The SMILES string of the molecule is C=CCNC(=O)COC(=O)CNS(=O)(=O)c1cccc(Br)c1. The highest BCUT2D eigenvalue weighted by Gasteiger charge is 2.16. The zero-order valence-corrected chi connectivity index (χ0v) is 13.9. The highest BCUT2D eigenvalue weighted by atomic mass is 79.9. The molecule has 0 saturated heterocycles. The molecular weight excluding hydrogens is 376 g/mol. The third-order valence-electron chi connectivity index (χ3n) is 2.32. The first-order chi connectivity index (χ1) is 10.3. The molecule has 1 amide bonds. The van der Waals surface area contributed by atoms with E-state index in [0.29, 0.717) is 4.47 Å². The lowest BCUT2D eigenvalue weighted by Crippen LogP contribution is -2.34. The van der Waals surface area contributed by atoms with Gasteiger partial charge in [0.1, 0.15) is 6.54 Å². The summed E-state index contributed by atoms with van der Waals surface area (Å²) in [5.74, 6) is -1.35. The Morgan fingerprint density at radius 3 is 2.73 bits per heavy atom. The Kier molecular flexibility index (Phi) is 7.22. The number of benzene rings is 1. The Bertz CT molecular complexity index is 660. The fraction of sp³-hybridized carbons (Fsp3) is 0.231. The Morgan fingerprint density at radius 1 is 1.36 bits per heavy atom. The van der Waals surface area contributed by atoms with Crippen molar-refractivity contribution in [1.82, 2.24) is 10.0 Å². The molecule has 0 heterocycles. The first-order valence-corrected chi connectivity index (χ1v) is 8.41. The van der Waals surface area contributed by atoms with E-state index in [1.54, 1.807) is 12.1 Å². The van der Waals surface area contributed by atoms with Gasteiger partial charge in [0, 0.05) is 11.0 Å². The third kappa shape index (κ3) is 6.37. The van der Waals surface area contributed by atoms with E-state index in [1.165, 1.54) is 18.2 Å². The van der Waals surface area contributed by atoms with Crippen LogP contribution in [-0.4, -0.2) is 40.0 Å². The highest BCUT2D eigenvalue weighted by Crippen LogP contribution is 2.15. The molecule has 0 bridgehead atoms. The van der Waals surface area contributed by atoms with Crippen LogP contribution in [0.25, 0.3) is 0 Å². The van der Waals surface area contributed by atoms with Gasteiger partial charge in [-0.2, -0.15) is 4.72 Å². The third-order valence-corrected chi connectivity index (χ3v) is 4.21. The summed E-state index contributed by atoms with van der Waals surface area (Å²) in [4.78, 5) is 22.6. The van der Waals surface area contributed by atoms with Crippen molar-refractivity contribution in [2.24, 2.45) is 0 Å². The molecule has 1 aromatic carbocycles. The van der Waals surface area contributed by atoms with Gasteiger partial charge in [-0.05, 0) is 18.2 Å². The lowest BCUT2D eigenvalue weighted by atomic mass is 10.4. The molecule has 2 N–H and O–H groups in total. The largest absolute Gasteiger partial charge is 0.455 e. The summed E-state index contributed by atoms with van der Waals surface area (Å²) in [6, 6.07) is 6.02. The monoisotopic (exact) mass is 390 g/mol. The predicted molar refractivity (Wildman–Crippen MR) is 83.5 cm³/mol. The maximum Gasteiger partial charge on any atom is 0.321 e. The number of carbonyl (C=O) groups excluding carboxylic acids is 2. The van der Waals surface area contributed by atoms with Gasteiger partial charge in [-0.1, -0.05) is 28.1 Å². The van der Waals surface area contributed by atoms with E-state index in [9.17, 15) is 18.0 Å². The fourth-order valence-corrected chi connectivity index (χ4v) is 2.87. The van der Waals surface area contributed by atoms with E-state index in [0.717, 1.165) is 0 Å². The van der Waals surface area contributed by atoms with Gasteiger partial charge in [-0.3, -0.25) is 9.59 Å². The zero-order chi connectivity index (χ0) is 16.6. The zero-order valence-electron chi connectivity index (χ0n) is 11.5. The van der Waals surface area contributed by atoms with Crippen molar-refractivity contribution < 1.29 is 22.7 Å². The number of hydrogen-bond acceptors (Lipinski definition) is 5. The molecule has 0 aliphatic heterocycles. The molecule has 0 aromatic heterocycles. The topological polar surface area (TPSA) is 102 Å². The standard InChI is InChI=1S/C13H15BrN2O5S/c1-2-6-15-12(17)9-21-13(18)8-16-22(19,20)11-5-3-4-10(14)7-11/h2-5,7,16H,1,6,8-9H2,(H,15,17). The van der Waals surface area contributed by atoms with Crippen LogP contribution in [0.3, 0.4) is 0 Å². The van der Waals surface area contributed by atoms with Gasteiger partial charge < -0.3 is 10.1 Å². The molecular formula is C13H15BrN2O5S. The fourth-order valence-electron chi connectivity index (χ4n) is 1.31. The van der Waals surface area contributed by atoms with Gasteiger partial charge in [0.25, 0.3) is 5.91 Å². The van der Waals surface area contributed by atoms with Gasteiger partial charge in [-0.25, -0.2) is 8.42 Å². The average molecular weight is 391 g/mol. The minimum atomic E-state index is -3.83. The molecule has 0 radical (unpaired) electrons. The maximum absolute atomic E-state index is 11.9. The minimum Gasteiger partial charge on any atom is -0.455 e. The molecule has 0 saturated carbocycles. The summed E-state index contributed by atoms with van der Waals surface area (Å²) < 4.78 is 31.2. The summed E-state index contributed by atoms with van der Waals surface area (Å²) in [7, 11) is -3.83. The smallest absolute Gasteiger partial charge is 0.321 e. The van der Waals surface area contributed by atoms with Crippen LogP contribution >= 0.6 is 15.9 Å². The number of sulfonamides is 1. The molecule has 120 valence electrons. The molecule has 0 unspecified atom stereocenters. The van der Waals surface area contributed by atoms with Crippen LogP contribution in [0.4, 0.5) is 0 Å². The molecule has 0 spiro atoms. The molecule has 22 heavy (non-hydrogen) atoms. The molecule has 0 aliphatic rings. The predicted octanol–water partition coefficient (Wildman–Crippen LogP) is 0.573. The summed E-state index contributed by atoms with van der Waals surface area (Å²) in [5, 5.41) is 2.41. The van der Waals surface area contributed by atoms with Crippen LogP contribution in [-0.2, 0) is 24.3 Å². The van der Waals surface area contributed by atoms with Gasteiger partial charge in [0.2, 0.25) is 10.0 Å². The van der Waals surface area contributed by atoms with Crippen LogP contribution in [0, 0.1) is 0 Å². The summed E-state index contributed by atoms with van der Waals surface area (Å²) in [6.07, 6.45) is 1.48. The molecule has 7 nitrogen and oxygen atoms in total. The van der Waals surface area contributed by atoms with Crippen LogP contribution < -0.4 is 10.0 Å². The quantitative estimate of drug-likeness (QED) is 0.499. The first kappa shape index (κ1) is 18.3. The lowest BCUT2D eigenvalue weighted by Gasteiger charge is -2.07. The number of ether oxygens (including phenoxy) is 1. The van der Waals surface area contributed by atoms with Crippen molar-refractivity contribution in [2.45, 2.75) is 4.90 Å². The Balaban J connectivity index is 2.46. The van der Waals surface area contributed by atoms with Crippen LogP contribution in [0.2, 0.25) is 0 Å². The van der Waals surface area contributed by atoms with Gasteiger partial charge in [0.05, 0.1) is 4.90 Å². The molecule has 0 fully saturated rings. The van der Waals surface area contributed by atoms with Gasteiger partial charge in [-0.15, -0.1) is 6.58 Å². The number of halogens is 1. The number of hydrogen-bond donors (Lipinski definition) is 2. The Morgan fingerprint density at radius 2 is 2.09 bits per heavy atom. The summed E-state index contributed by atoms with van der Waals surface area (Å²) >= 11 is 3.16. The summed E-state index contributed by atoms with van der Waals surface area (Å²) in [5.41, 5.74) is 0. The maximum atomic E-state index is 11.9. The lowest BCUT2D eigenvalue weighted by molar-refractivity contribution is -0.147. The second kappa shape index (κ2) is 8.66. The number of amides is 1. The molecule has 1 rings (SSSR count). The van der Waals surface area contributed by atoms with E-state index in [4.69, 9.17) is 0 Å².